The molecule has 0 bridgehead atoms. The van der Waals surface area contributed by atoms with Gasteiger partial charge in [0.05, 0.1) is 12.7 Å². The summed E-state index contributed by atoms with van der Waals surface area (Å²) in [6.45, 7) is 2.84. The molecule has 1 atom stereocenters. The fourth-order valence-electron chi connectivity index (χ4n) is 1.51. The van der Waals surface area contributed by atoms with Crippen LogP contribution in [0.2, 0.25) is 0 Å². The van der Waals surface area contributed by atoms with E-state index in [0.717, 1.165) is 5.56 Å². The Morgan fingerprint density at radius 1 is 1.37 bits per heavy atom. The van der Waals surface area contributed by atoms with Crippen molar-refractivity contribution in [1.82, 2.24) is 5.32 Å². The molecule has 0 saturated carbocycles. The molecule has 106 valence electrons. The van der Waals surface area contributed by atoms with Crippen molar-refractivity contribution in [2.75, 3.05) is 26.9 Å². The average molecular weight is 267 g/mol. The summed E-state index contributed by atoms with van der Waals surface area (Å²) in [7, 11) is 1.58. The summed E-state index contributed by atoms with van der Waals surface area (Å²) in [5.74, 6) is 0.420. The Kier molecular flexibility index (Phi) is 6.92. The zero-order valence-corrected chi connectivity index (χ0v) is 11.4. The number of carbonyl (C=O) groups excluding carboxylic acids is 1. The predicted molar refractivity (Wildman–Crippen MR) is 72.1 cm³/mol. The van der Waals surface area contributed by atoms with Crippen LogP contribution in [0.4, 0.5) is 0 Å². The van der Waals surface area contributed by atoms with Gasteiger partial charge in [-0.05, 0) is 24.1 Å². The standard InChI is InChI=1S/C14H21NO4/c1-3-13(16)11-4-6-12(7-5-11)19-10-14(17)15-8-9-18-2/h4-7,13,16H,3,8-10H2,1-2H3,(H,15,17). The van der Waals surface area contributed by atoms with E-state index in [9.17, 15) is 9.90 Å². The van der Waals surface area contributed by atoms with Gasteiger partial charge in [-0.1, -0.05) is 19.1 Å². The lowest BCUT2D eigenvalue weighted by Crippen LogP contribution is -2.31. The molecule has 0 saturated heterocycles. The Morgan fingerprint density at radius 3 is 2.63 bits per heavy atom. The summed E-state index contributed by atoms with van der Waals surface area (Å²) in [4.78, 5) is 11.4. The molecule has 2 N–H and O–H groups in total. The van der Waals surface area contributed by atoms with Gasteiger partial charge in [0.25, 0.3) is 5.91 Å². The van der Waals surface area contributed by atoms with E-state index in [1.165, 1.54) is 0 Å². The largest absolute Gasteiger partial charge is 0.484 e. The van der Waals surface area contributed by atoms with Crippen LogP contribution in [-0.4, -0.2) is 37.9 Å². The van der Waals surface area contributed by atoms with Gasteiger partial charge in [0.15, 0.2) is 6.61 Å². The van der Waals surface area contributed by atoms with Gasteiger partial charge in [-0.15, -0.1) is 0 Å². The van der Waals surface area contributed by atoms with E-state index in [1.54, 1.807) is 31.4 Å². The maximum atomic E-state index is 11.4. The maximum absolute atomic E-state index is 11.4. The summed E-state index contributed by atoms with van der Waals surface area (Å²) < 4.78 is 10.2. The van der Waals surface area contributed by atoms with Crippen LogP contribution in [-0.2, 0) is 9.53 Å². The molecule has 0 fully saturated rings. The molecule has 0 radical (unpaired) electrons. The van der Waals surface area contributed by atoms with Crippen molar-refractivity contribution in [3.05, 3.63) is 29.8 Å². The van der Waals surface area contributed by atoms with Crippen molar-refractivity contribution in [3.63, 3.8) is 0 Å². The monoisotopic (exact) mass is 267 g/mol. The summed E-state index contributed by atoms with van der Waals surface area (Å²) in [5, 5.41) is 12.3. The number of carbonyl (C=O) groups is 1. The van der Waals surface area contributed by atoms with E-state index in [2.05, 4.69) is 5.32 Å². The Balaban J connectivity index is 2.35. The molecule has 0 spiro atoms. The number of benzene rings is 1. The second-order valence-electron chi connectivity index (χ2n) is 4.12. The number of amides is 1. The predicted octanol–water partition coefficient (Wildman–Crippen LogP) is 1.27. The van der Waals surface area contributed by atoms with Crippen molar-refractivity contribution < 1.29 is 19.4 Å². The molecule has 5 heteroatoms. The Labute approximate surface area is 113 Å². The van der Waals surface area contributed by atoms with Crippen LogP contribution in [0.25, 0.3) is 0 Å². The van der Waals surface area contributed by atoms with Crippen molar-refractivity contribution in [2.45, 2.75) is 19.4 Å². The van der Waals surface area contributed by atoms with Crippen molar-refractivity contribution in [1.29, 1.82) is 0 Å². The Hall–Kier alpha value is -1.59. The number of methoxy groups -OCH3 is 1. The van der Waals surface area contributed by atoms with E-state index in [1.807, 2.05) is 6.92 Å². The number of hydrogen-bond donors (Lipinski definition) is 2. The van der Waals surface area contributed by atoms with Crippen LogP contribution in [0.1, 0.15) is 25.0 Å². The lowest BCUT2D eigenvalue weighted by atomic mass is 10.1. The Bertz CT molecular complexity index is 378. The minimum absolute atomic E-state index is 0.0284. The molecule has 0 aliphatic heterocycles. The molecular weight excluding hydrogens is 246 g/mol. The quantitative estimate of drug-likeness (QED) is 0.696. The third kappa shape index (κ3) is 5.72. The molecule has 1 amide bonds. The molecule has 0 aliphatic rings. The number of nitrogens with one attached hydrogen (secondary N) is 1. The van der Waals surface area contributed by atoms with E-state index in [0.29, 0.717) is 25.3 Å². The minimum Gasteiger partial charge on any atom is -0.484 e. The van der Waals surface area contributed by atoms with Crippen LogP contribution in [0, 0.1) is 0 Å². The first-order chi connectivity index (χ1) is 9.17. The summed E-state index contributed by atoms with van der Waals surface area (Å²) in [6, 6.07) is 7.09. The van der Waals surface area contributed by atoms with Crippen molar-refractivity contribution >= 4 is 5.91 Å². The first-order valence-corrected chi connectivity index (χ1v) is 6.33. The first-order valence-electron chi connectivity index (χ1n) is 6.33. The highest BCUT2D eigenvalue weighted by molar-refractivity contribution is 5.77. The molecule has 1 aromatic rings. The van der Waals surface area contributed by atoms with Gasteiger partial charge in [-0.2, -0.15) is 0 Å². The van der Waals surface area contributed by atoms with Gasteiger partial charge in [-0.3, -0.25) is 4.79 Å². The zero-order valence-electron chi connectivity index (χ0n) is 11.4. The van der Waals surface area contributed by atoms with Crippen molar-refractivity contribution in [3.8, 4) is 5.75 Å². The van der Waals surface area contributed by atoms with Crippen LogP contribution >= 0.6 is 0 Å². The number of aliphatic hydroxyl groups is 1. The zero-order chi connectivity index (χ0) is 14.1. The van der Waals surface area contributed by atoms with Gasteiger partial charge >= 0.3 is 0 Å². The highest BCUT2D eigenvalue weighted by atomic mass is 16.5. The van der Waals surface area contributed by atoms with Crippen LogP contribution in [0.15, 0.2) is 24.3 Å². The molecule has 0 aliphatic carbocycles. The fraction of sp³-hybridized carbons (Fsp3) is 0.500. The van der Waals surface area contributed by atoms with E-state index in [4.69, 9.17) is 9.47 Å². The van der Waals surface area contributed by atoms with Gasteiger partial charge < -0.3 is 19.9 Å². The van der Waals surface area contributed by atoms with E-state index in [-0.39, 0.29) is 12.5 Å². The molecule has 1 rings (SSSR count). The maximum Gasteiger partial charge on any atom is 0.258 e. The van der Waals surface area contributed by atoms with Crippen LogP contribution in [0.3, 0.4) is 0 Å². The summed E-state index contributed by atoms with van der Waals surface area (Å²) >= 11 is 0. The number of aliphatic hydroxyl groups excluding tert-OH is 1. The van der Waals surface area contributed by atoms with E-state index >= 15 is 0 Å². The van der Waals surface area contributed by atoms with Crippen LogP contribution in [0.5, 0.6) is 5.75 Å². The van der Waals surface area contributed by atoms with Gasteiger partial charge in [0.2, 0.25) is 0 Å². The topological polar surface area (TPSA) is 67.8 Å². The molecule has 19 heavy (non-hydrogen) atoms. The van der Waals surface area contributed by atoms with Crippen molar-refractivity contribution in [2.24, 2.45) is 0 Å². The summed E-state index contributed by atoms with van der Waals surface area (Å²) in [6.07, 6.45) is 0.216. The number of ether oxygens (including phenoxy) is 2. The SMILES string of the molecule is CCC(O)c1ccc(OCC(=O)NCCOC)cc1. The highest BCUT2D eigenvalue weighted by Gasteiger charge is 2.05. The normalized spacial score (nSPS) is 11.9. The average Bonchev–Trinajstić information content (AvgIpc) is 2.45. The third-order valence-electron chi connectivity index (χ3n) is 2.65. The van der Waals surface area contributed by atoms with Gasteiger partial charge in [0, 0.05) is 13.7 Å². The highest BCUT2D eigenvalue weighted by Crippen LogP contribution is 2.19. The van der Waals surface area contributed by atoms with Gasteiger partial charge in [0.1, 0.15) is 5.75 Å². The molecule has 1 aromatic carbocycles. The molecule has 0 aromatic heterocycles. The second kappa shape index (κ2) is 8.50. The molecule has 0 heterocycles. The summed E-state index contributed by atoms with van der Waals surface area (Å²) in [5.41, 5.74) is 0.847. The smallest absolute Gasteiger partial charge is 0.258 e. The molecule has 5 nitrogen and oxygen atoms in total. The molecule has 1 unspecified atom stereocenters. The minimum atomic E-state index is -0.452. The lowest BCUT2D eigenvalue weighted by molar-refractivity contribution is -0.123. The Morgan fingerprint density at radius 2 is 2.05 bits per heavy atom. The van der Waals surface area contributed by atoms with Gasteiger partial charge in [-0.25, -0.2) is 0 Å². The number of hydrogen-bond acceptors (Lipinski definition) is 4. The first kappa shape index (κ1) is 15.5. The number of rotatable bonds is 8. The van der Waals surface area contributed by atoms with E-state index < -0.39 is 6.10 Å². The third-order valence-corrected chi connectivity index (χ3v) is 2.65. The second-order valence-corrected chi connectivity index (χ2v) is 4.12. The van der Waals surface area contributed by atoms with Crippen LogP contribution < -0.4 is 10.1 Å². The fourth-order valence-corrected chi connectivity index (χ4v) is 1.51. The lowest BCUT2D eigenvalue weighted by Gasteiger charge is -2.10. The molecular formula is C14H21NO4.